The Kier molecular flexibility index (Phi) is 3.33. The molecule has 4 nitrogen and oxygen atoms in total. The number of aliphatic carboxylic acids is 1. The van der Waals surface area contributed by atoms with Crippen molar-refractivity contribution in [1.82, 2.24) is 0 Å². The van der Waals surface area contributed by atoms with Crippen LogP contribution in [0.4, 0.5) is 5.69 Å². The molecule has 0 amide bonds. The summed E-state index contributed by atoms with van der Waals surface area (Å²) in [5.74, 6) is -1.31. The summed E-state index contributed by atoms with van der Waals surface area (Å²) < 4.78 is 0. The Morgan fingerprint density at radius 1 is 1.24 bits per heavy atom. The second-order valence-electron chi connectivity index (χ2n) is 5.10. The van der Waals surface area contributed by atoms with Gasteiger partial charge in [0.1, 0.15) is 5.92 Å². The lowest BCUT2D eigenvalue weighted by molar-refractivity contribution is -0.138. The summed E-state index contributed by atoms with van der Waals surface area (Å²) in [6.07, 6.45) is 0. The molecule has 2 aromatic carbocycles. The second-order valence-corrected chi connectivity index (χ2v) is 5.10. The van der Waals surface area contributed by atoms with E-state index in [4.69, 9.17) is 5.26 Å². The summed E-state index contributed by atoms with van der Waals surface area (Å²) in [5, 5.41) is 18.5. The molecule has 0 aliphatic carbocycles. The lowest BCUT2D eigenvalue weighted by Crippen LogP contribution is -2.24. The average Bonchev–Trinajstić information content (AvgIpc) is 2.87. The number of anilines is 1. The first kappa shape index (κ1) is 13.2. The van der Waals surface area contributed by atoms with E-state index >= 15 is 0 Å². The summed E-state index contributed by atoms with van der Waals surface area (Å²) in [7, 11) is 0. The van der Waals surface area contributed by atoms with Crippen LogP contribution in [0.2, 0.25) is 0 Å². The van der Waals surface area contributed by atoms with E-state index in [1.165, 1.54) is 0 Å². The van der Waals surface area contributed by atoms with Crippen molar-refractivity contribution in [3.8, 4) is 6.07 Å². The summed E-state index contributed by atoms with van der Waals surface area (Å²) in [6.45, 7) is 0.985. The van der Waals surface area contributed by atoms with E-state index in [0.717, 1.165) is 16.8 Å². The van der Waals surface area contributed by atoms with E-state index in [-0.39, 0.29) is 0 Å². The number of benzene rings is 2. The number of nitriles is 1. The van der Waals surface area contributed by atoms with E-state index in [9.17, 15) is 9.90 Å². The quantitative estimate of drug-likeness (QED) is 0.937. The standard InChI is InChI=1S/C17H14N2O2/c18-9-12-5-1-2-6-13(12)10-19-11-15(17(20)21)14-7-3-4-8-16(14)19/h1-8,15H,10-11H2,(H,20,21). The minimum Gasteiger partial charge on any atom is -0.481 e. The third-order valence-corrected chi connectivity index (χ3v) is 3.85. The number of carboxylic acids is 1. The highest BCUT2D eigenvalue weighted by Crippen LogP contribution is 2.37. The molecule has 1 unspecified atom stereocenters. The van der Waals surface area contributed by atoms with Crippen molar-refractivity contribution >= 4 is 11.7 Å². The zero-order valence-electron chi connectivity index (χ0n) is 11.4. The summed E-state index contributed by atoms with van der Waals surface area (Å²) >= 11 is 0. The molecule has 1 aliphatic heterocycles. The number of carboxylic acid groups (broad SMARTS) is 1. The van der Waals surface area contributed by atoms with Crippen molar-refractivity contribution in [2.24, 2.45) is 0 Å². The number of fused-ring (bicyclic) bond motifs is 1. The van der Waals surface area contributed by atoms with Gasteiger partial charge in [-0.2, -0.15) is 5.26 Å². The molecule has 0 saturated carbocycles. The molecule has 2 aromatic rings. The monoisotopic (exact) mass is 278 g/mol. The fourth-order valence-electron chi connectivity index (χ4n) is 2.82. The minimum atomic E-state index is -0.807. The van der Waals surface area contributed by atoms with Crippen LogP contribution in [0.3, 0.4) is 0 Å². The molecule has 21 heavy (non-hydrogen) atoms. The fourth-order valence-corrected chi connectivity index (χ4v) is 2.82. The predicted molar refractivity (Wildman–Crippen MR) is 79.0 cm³/mol. The van der Waals surface area contributed by atoms with Crippen LogP contribution in [-0.2, 0) is 11.3 Å². The van der Waals surface area contributed by atoms with Gasteiger partial charge in [-0.1, -0.05) is 36.4 Å². The maximum absolute atomic E-state index is 11.4. The highest BCUT2D eigenvalue weighted by Gasteiger charge is 2.33. The van der Waals surface area contributed by atoms with E-state index in [1.54, 1.807) is 6.07 Å². The number of hydrogen-bond donors (Lipinski definition) is 1. The van der Waals surface area contributed by atoms with Crippen molar-refractivity contribution in [3.05, 3.63) is 65.2 Å². The van der Waals surface area contributed by atoms with Crippen LogP contribution >= 0.6 is 0 Å². The molecule has 0 spiro atoms. The van der Waals surface area contributed by atoms with Crippen LogP contribution in [0.25, 0.3) is 0 Å². The van der Waals surface area contributed by atoms with Gasteiger partial charge in [0.15, 0.2) is 0 Å². The topological polar surface area (TPSA) is 64.3 Å². The van der Waals surface area contributed by atoms with Gasteiger partial charge in [0.05, 0.1) is 11.6 Å². The van der Waals surface area contributed by atoms with Crippen molar-refractivity contribution in [1.29, 1.82) is 5.26 Å². The van der Waals surface area contributed by atoms with Gasteiger partial charge in [-0.15, -0.1) is 0 Å². The lowest BCUT2D eigenvalue weighted by atomic mass is 10.0. The second kappa shape index (κ2) is 5.29. The Balaban J connectivity index is 1.95. The van der Waals surface area contributed by atoms with Gasteiger partial charge in [0, 0.05) is 18.8 Å². The van der Waals surface area contributed by atoms with Gasteiger partial charge in [-0.05, 0) is 23.3 Å². The fraction of sp³-hybridized carbons (Fsp3) is 0.176. The van der Waals surface area contributed by atoms with Gasteiger partial charge in [-0.3, -0.25) is 4.79 Å². The van der Waals surface area contributed by atoms with Crippen LogP contribution in [0.15, 0.2) is 48.5 Å². The molecule has 0 aromatic heterocycles. The molecule has 0 fully saturated rings. The molecule has 1 N–H and O–H groups in total. The van der Waals surface area contributed by atoms with E-state index < -0.39 is 11.9 Å². The largest absolute Gasteiger partial charge is 0.481 e. The number of para-hydroxylation sites is 1. The van der Waals surface area contributed by atoms with Gasteiger partial charge < -0.3 is 10.0 Å². The average molecular weight is 278 g/mol. The molecule has 1 aliphatic rings. The van der Waals surface area contributed by atoms with Crippen molar-refractivity contribution < 1.29 is 9.90 Å². The number of carbonyl (C=O) groups is 1. The minimum absolute atomic E-state index is 0.439. The predicted octanol–water partition coefficient (Wildman–Crippen LogP) is 2.75. The third-order valence-electron chi connectivity index (χ3n) is 3.85. The molecular weight excluding hydrogens is 264 g/mol. The zero-order chi connectivity index (χ0) is 14.8. The molecular formula is C17H14N2O2. The maximum Gasteiger partial charge on any atom is 0.312 e. The molecule has 0 bridgehead atoms. The summed E-state index contributed by atoms with van der Waals surface area (Å²) in [6, 6.07) is 17.2. The zero-order valence-corrected chi connectivity index (χ0v) is 11.4. The number of nitrogens with zero attached hydrogens (tertiary/aromatic N) is 2. The third kappa shape index (κ3) is 2.34. The van der Waals surface area contributed by atoms with Crippen LogP contribution in [0.1, 0.15) is 22.6 Å². The Morgan fingerprint density at radius 2 is 1.95 bits per heavy atom. The van der Waals surface area contributed by atoms with Gasteiger partial charge in [-0.25, -0.2) is 0 Å². The molecule has 1 heterocycles. The Morgan fingerprint density at radius 3 is 2.71 bits per heavy atom. The Labute approximate surface area is 122 Å². The molecule has 1 atom stereocenters. The molecule has 104 valence electrons. The molecule has 4 heteroatoms. The SMILES string of the molecule is N#Cc1ccccc1CN1CC(C(=O)O)c2ccccc21. The van der Waals surface area contributed by atoms with Gasteiger partial charge in [0.2, 0.25) is 0 Å². The normalized spacial score (nSPS) is 16.3. The first-order valence-electron chi connectivity index (χ1n) is 6.75. The van der Waals surface area contributed by atoms with Crippen LogP contribution in [0.5, 0.6) is 0 Å². The Hall–Kier alpha value is -2.80. The first-order chi connectivity index (χ1) is 10.2. The van der Waals surface area contributed by atoms with E-state index in [0.29, 0.717) is 18.7 Å². The highest BCUT2D eigenvalue weighted by molar-refractivity contribution is 5.83. The smallest absolute Gasteiger partial charge is 0.312 e. The summed E-state index contributed by atoms with van der Waals surface area (Å²) in [4.78, 5) is 13.4. The number of hydrogen-bond acceptors (Lipinski definition) is 3. The lowest BCUT2D eigenvalue weighted by Gasteiger charge is -2.20. The van der Waals surface area contributed by atoms with Gasteiger partial charge in [0.25, 0.3) is 0 Å². The van der Waals surface area contributed by atoms with Crippen molar-refractivity contribution in [3.63, 3.8) is 0 Å². The molecule has 0 radical (unpaired) electrons. The maximum atomic E-state index is 11.4. The highest BCUT2D eigenvalue weighted by atomic mass is 16.4. The first-order valence-corrected chi connectivity index (χ1v) is 6.75. The van der Waals surface area contributed by atoms with Crippen molar-refractivity contribution in [2.45, 2.75) is 12.5 Å². The van der Waals surface area contributed by atoms with E-state index in [1.807, 2.05) is 47.4 Å². The van der Waals surface area contributed by atoms with Crippen LogP contribution < -0.4 is 4.90 Å². The van der Waals surface area contributed by atoms with Crippen LogP contribution in [-0.4, -0.2) is 17.6 Å². The number of rotatable bonds is 3. The Bertz CT molecular complexity index is 734. The van der Waals surface area contributed by atoms with Crippen molar-refractivity contribution in [2.75, 3.05) is 11.4 Å². The van der Waals surface area contributed by atoms with Crippen LogP contribution in [0, 0.1) is 11.3 Å². The molecule has 3 rings (SSSR count). The molecule has 0 saturated heterocycles. The summed E-state index contributed by atoms with van der Waals surface area (Å²) in [5.41, 5.74) is 3.34. The van der Waals surface area contributed by atoms with Gasteiger partial charge >= 0.3 is 5.97 Å². The van der Waals surface area contributed by atoms with E-state index in [2.05, 4.69) is 6.07 Å².